The van der Waals surface area contributed by atoms with Gasteiger partial charge in [-0.1, -0.05) is 17.7 Å². The van der Waals surface area contributed by atoms with Crippen molar-refractivity contribution in [2.45, 2.75) is 6.92 Å². The maximum Gasteiger partial charge on any atom is 0.250 e. The van der Waals surface area contributed by atoms with Crippen LogP contribution in [0.2, 0.25) is 5.02 Å². The van der Waals surface area contributed by atoms with Gasteiger partial charge in [0.25, 0.3) is 0 Å². The molecule has 0 aromatic heterocycles. The van der Waals surface area contributed by atoms with E-state index in [0.717, 1.165) is 0 Å². The minimum Gasteiger partial charge on any atom is -0.487 e. The van der Waals surface area contributed by atoms with E-state index in [0.29, 0.717) is 36.3 Å². The second kappa shape index (κ2) is 8.74. The first-order valence-corrected chi connectivity index (χ1v) is 6.34. The molecule has 5 nitrogen and oxygen atoms in total. The molecule has 0 fully saturated rings. The van der Waals surface area contributed by atoms with Crippen LogP contribution in [0.4, 0.5) is 5.69 Å². The molecule has 0 aliphatic carbocycles. The average Bonchev–Trinajstić information content (AvgIpc) is 2.39. The standard InChI is InChI=1S/C13H18ClNO4/c1-3-18-9-12(16)15-11-6-4-5-10(14)13(11)19-8-7-17-2/h4-6H,3,7-9H2,1-2H3,(H,15,16). The molecule has 0 atom stereocenters. The molecule has 106 valence electrons. The monoisotopic (exact) mass is 287 g/mol. The summed E-state index contributed by atoms with van der Waals surface area (Å²) in [5.74, 6) is 0.187. The fraction of sp³-hybridized carbons (Fsp3) is 0.462. The van der Waals surface area contributed by atoms with Gasteiger partial charge in [0.05, 0.1) is 17.3 Å². The van der Waals surface area contributed by atoms with Crippen LogP contribution in [0, 0.1) is 0 Å². The minimum absolute atomic E-state index is 0.000520. The number of carbonyl (C=O) groups is 1. The van der Waals surface area contributed by atoms with Gasteiger partial charge in [0.15, 0.2) is 5.75 Å². The van der Waals surface area contributed by atoms with Crippen molar-refractivity contribution in [3.8, 4) is 5.75 Å². The van der Waals surface area contributed by atoms with E-state index < -0.39 is 0 Å². The van der Waals surface area contributed by atoms with Crippen molar-refractivity contribution in [1.29, 1.82) is 0 Å². The largest absolute Gasteiger partial charge is 0.487 e. The molecule has 0 bridgehead atoms. The highest BCUT2D eigenvalue weighted by molar-refractivity contribution is 6.32. The fourth-order valence-electron chi connectivity index (χ4n) is 1.36. The Kier molecular flexibility index (Phi) is 7.25. The second-order valence-corrected chi connectivity index (χ2v) is 4.05. The van der Waals surface area contributed by atoms with Gasteiger partial charge >= 0.3 is 0 Å². The summed E-state index contributed by atoms with van der Waals surface area (Å²) in [4.78, 5) is 11.6. The quantitative estimate of drug-likeness (QED) is 0.746. The second-order valence-electron chi connectivity index (χ2n) is 3.64. The summed E-state index contributed by atoms with van der Waals surface area (Å²) in [6.45, 7) is 3.11. The smallest absolute Gasteiger partial charge is 0.250 e. The first kappa shape index (κ1) is 15.8. The van der Waals surface area contributed by atoms with Crippen molar-refractivity contribution in [1.82, 2.24) is 0 Å². The van der Waals surface area contributed by atoms with E-state index in [-0.39, 0.29) is 12.5 Å². The van der Waals surface area contributed by atoms with Crippen LogP contribution in [0.3, 0.4) is 0 Å². The number of anilines is 1. The van der Waals surface area contributed by atoms with E-state index in [1.165, 1.54) is 0 Å². The van der Waals surface area contributed by atoms with Crippen molar-refractivity contribution >= 4 is 23.2 Å². The third-order valence-corrected chi connectivity index (χ3v) is 2.51. The van der Waals surface area contributed by atoms with Crippen LogP contribution in [-0.2, 0) is 14.3 Å². The van der Waals surface area contributed by atoms with E-state index in [4.69, 9.17) is 25.8 Å². The van der Waals surface area contributed by atoms with E-state index in [1.54, 1.807) is 25.3 Å². The molecular weight excluding hydrogens is 270 g/mol. The van der Waals surface area contributed by atoms with Gasteiger partial charge in [-0.05, 0) is 19.1 Å². The van der Waals surface area contributed by atoms with Crippen molar-refractivity contribution in [3.05, 3.63) is 23.2 Å². The lowest BCUT2D eigenvalue weighted by molar-refractivity contribution is -0.120. The Bertz CT molecular complexity index is 412. The summed E-state index contributed by atoms with van der Waals surface area (Å²) in [6.07, 6.45) is 0. The molecule has 19 heavy (non-hydrogen) atoms. The minimum atomic E-state index is -0.249. The van der Waals surface area contributed by atoms with E-state index in [1.807, 2.05) is 6.92 Å². The lowest BCUT2D eigenvalue weighted by atomic mass is 10.3. The van der Waals surface area contributed by atoms with Crippen molar-refractivity contribution in [2.75, 3.05) is 38.9 Å². The number of hydrogen-bond acceptors (Lipinski definition) is 4. The Labute approximate surface area is 117 Å². The number of nitrogens with one attached hydrogen (secondary N) is 1. The van der Waals surface area contributed by atoms with Crippen LogP contribution in [0.25, 0.3) is 0 Å². The van der Waals surface area contributed by atoms with Crippen molar-refractivity contribution < 1.29 is 19.0 Å². The van der Waals surface area contributed by atoms with Crippen LogP contribution in [0.15, 0.2) is 18.2 Å². The molecule has 6 heteroatoms. The molecule has 0 radical (unpaired) electrons. The Morgan fingerprint density at radius 2 is 2.16 bits per heavy atom. The van der Waals surface area contributed by atoms with Gasteiger partial charge < -0.3 is 19.5 Å². The van der Waals surface area contributed by atoms with Gasteiger partial charge in [0.2, 0.25) is 5.91 Å². The Morgan fingerprint density at radius 1 is 1.37 bits per heavy atom. The summed E-state index contributed by atoms with van der Waals surface area (Å²) in [7, 11) is 1.58. The average molecular weight is 288 g/mol. The normalized spacial score (nSPS) is 10.3. The zero-order valence-electron chi connectivity index (χ0n) is 11.1. The van der Waals surface area contributed by atoms with Crippen LogP contribution in [0.5, 0.6) is 5.75 Å². The maximum atomic E-state index is 11.6. The van der Waals surface area contributed by atoms with E-state index in [2.05, 4.69) is 5.32 Å². The summed E-state index contributed by atoms with van der Waals surface area (Å²) >= 11 is 6.05. The molecular formula is C13H18ClNO4. The highest BCUT2D eigenvalue weighted by Gasteiger charge is 2.11. The maximum absolute atomic E-state index is 11.6. The Hall–Kier alpha value is -1.30. The van der Waals surface area contributed by atoms with Crippen LogP contribution in [0.1, 0.15) is 6.92 Å². The third kappa shape index (κ3) is 5.46. The first-order chi connectivity index (χ1) is 9.19. The molecule has 0 saturated heterocycles. The van der Waals surface area contributed by atoms with Gasteiger partial charge in [-0.25, -0.2) is 0 Å². The van der Waals surface area contributed by atoms with Gasteiger partial charge in [-0.2, -0.15) is 0 Å². The Morgan fingerprint density at radius 3 is 2.84 bits per heavy atom. The summed E-state index contributed by atoms with van der Waals surface area (Å²) in [5, 5.41) is 3.13. The van der Waals surface area contributed by atoms with Gasteiger partial charge in [0.1, 0.15) is 13.2 Å². The zero-order chi connectivity index (χ0) is 14.1. The van der Waals surface area contributed by atoms with Crippen LogP contribution in [-0.4, -0.2) is 39.4 Å². The van der Waals surface area contributed by atoms with Gasteiger partial charge in [-0.3, -0.25) is 4.79 Å². The third-order valence-electron chi connectivity index (χ3n) is 2.21. The predicted octanol–water partition coefficient (Wildman–Crippen LogP) is 2.34. The van der Waals surface area contributed by atoms with Gasteiger partial charge in [0, 0.05) is 13.7 Å². The molecule has 1 aromatic carbocycles. The summed E-state index contributed by atoms with van der Waals surface area (Å²) in [5.41, 5.74) is 0.522. The molecule has 0 unspecified atom stereocenters. The Balaban J connectivity index is 2.70. The summed E-state index contributed by atoms with van der Waals surface area (Å²) < 4.78 is 15.4. The number of hydrogen-bond donors (Lipinski definition) is 1. The number of rotatable bonds is 8. The van der Waals surface area contributed by atoms with Crippen molar-refractivity contribution in [3.63, 3.8) is 0 Å². The number of carbonyl (C=O) groups excluding carboxylic acids is 1. The molecule has 0 spiro atoms. The lowest BCUT2D eigenvalue weighted by Gasteiger charge is -2.13. The highest BCUT2D eigenvalue weighted by atomic mass is 35.5. The molecule has 0 aliphatic rings. The number of benzene rings is 1. The SMILES string of the molecule is CCOCC(=O)Nc1cccc(Cl)c1OCCOC. The molecule has 1 aromatic rings. The molecule has 0 heterocycles. The van der Waals surface area contributed by atoms with Crippen molar-refractivity contribution in [2.24, 2.45) is 0 Å². The molecule has 1 N–H and O–H groups in total. The number of ether oxygens (including phenoxy) is 3. The van der Waals surface area contributed by atoms with Gasteiger partial charge in [-0.15, -0.1) is 0 Å². The number of amides is 1. The zero-order valence-corrected chi connectivity index (χ0v) is 11.8. The van der Waals surface area contributed by atoms with E-state index >= 15 is 0 Å². The molecule has 0 aliphatic heterocycles. The molecule has 0 saturated carbocycles. The van der Waals surface area contributed by atoms with Crippen LogP contribution < -0.4 is 10.1 Å². The number of halogens is 1. The van der Waals surface area contributed by atoms with E-state index in [9.17, 15) is 4.79 Å². The predicted molar refractivity (Wildman–Crippen MR) is 73.9 cm³/mol. The fourth-order valence-corrected chi connectivity index (χ4v) is 1.59. The molecule has 1 rings (SSSR count). The topological polar surface area (TPSA) is 56.8 Å². The molecule has 1 amide bonds. The lowest BCUT2D eigenvalue weighted by Crippen LogP contribution is -2.19. The summed E-state index contributed by atoms with van der Waals surface area (Å²) in [6, 6.07) is 5.15. The first-order valence-electron chi connectivity index (χ1n) is 5.96. The van der Waals surface area contributed by atoms with Crippen LogP contribution >= 0.6 is 11.6 Å². The number of para-hydroxylation sites is 1. The number of methoxy groups -OCH3 is 1. The highest BCUT2D eigenvalue weighted by Crippen LogP contribution is 2.32.